The van der Waals surface area contributed by atoms with Gasteiger partial charge in [-0.3, -0.25) is 14.5 Å². The number of carbonyl (C=O) groups excluding carboxylic acids is 1. The highest BCUT2D eigenvalue weighted by Gasteiger charge is 2.17. The van der Waals surface area contributed by atoms with Crippen LogP contribution in [0.15, 0.2) is 67.1 Å². The molecule has 3 heterocycles. The normalized spacial score (nSPS) is 10.8. The molecule has 0 aliphatic carbocycles. The standard InChI is InChI=1S/C21H19N5OS/c1-15-19(28-21(25-15)18-9-4-5-10-22-18)20(27)23-13-16-7-2-3-8-17(16)14-26-12-6-11-24-26/h2-12H,13-14H2,1H3,(H,23,27). The van der Waals surface area contributed by atoms with Gasteiger partial charge in [-0.05, 0) is 36.2 Å². The molecule has 140 valence electrons. The third-order valence-corrected chi connectivity index (χ3v) is 5.51. The second-order valence-corrected chi connectivity index (χ2v) is 7.30. The van der Waals surface area contributed by atoms with Crippen molar-refractivity contribution in [1.29, 1.82) is 0 Å². The molecule has 4 aromatic rings. The smallest absolute Gasteiger partial charge is 0.263 e. The van der Waals surface area contributed by atoms with Gasteiger partial charge in [-0.15, -0.1) is 11.3 Å². The number of aromatic nitrogens is 4. The molecule has 0 aliphatic heterocycles. The Balaban J connectivity index is 1.48. The molecule has 1 amide bonds. The molecule has 3 aromatic heterocycles. The van der Waals surface area contributed by atoms with Crippen molar-refractivity contribution in [2.24, 2.45) is 0 Å². The fourth-order valence-electron chi connectivity index (χ4n) is 2.91. The summed E-state index contributed by atoms with van der Waals surface area (Å²) in [6, 6.07) is 15.6. The number of carbonyl (C=O) groups is 1. The van der Waals surface area contributed by atoms with Crippen LogP contribution in [0.25, 0.3) is 10.7 Å². The number of nitrogens with one attached hydrogen (secondary N) is 1. The van der Waals surface area contributed by atoms with E-state index >= 15 is 0 Å². The zero-order chi connectivity index (χ0) is 19.3. The minimum atomic E-state index is -0.119. The molecule has 0 saturated carbocycles. The Morgan fingerprint density at radius 1 is 1.07 bits per heavy atom. The topological polar surface area (TPSA) is 72.7 Å². The van der Waals surface area contributed by atoms with E-state index in [9.17, 15) is 4.79 Å². The Morgan fingerprint density at radius 2 is 1.89 bits per heavy atom. The molecule has 28 heavy (non-hydrogen) atoms. The molecular formula is C21H19N5OS. The minimum absolute atomic E-state index is 0.119. The molecule has 0 spiro atoms. The van der Waals surface area contributed by atoms with E-state index in [0.29, 0.717) is 23.7 Å². The van der Waals surface area contributed by atoms with Gasteiger partial charge in [-0.2, -0.15) is 5.10 Å². The quantitative estimate of drug-likeness (QED) is 0.546. The molecule has 0 saturated heterocycles. The molecule has 4 rings (SSSR count). The van der Waals surface area contributed by atoms with E-state index in [1.807, 2.05) is 60.3 Å². The second-order valence-electron chi connectivity index (χ2n) is 6.30. The lowest BCUT2D eigenvalue weighted by Gasteiger charge is -2.10. The number of benzene rings is 1. The number of rotatable bonds is 6. The number of hydrogen-bond donors (Lipinski definition) is 1. The molecule has 6 nitrogen and oxygen atoms in total. The van der Waals surface area contributed by atoms with E-state index in [1.54, 1.807) is 12.4 Å². The molecule has 1 N–H and O–H groups in total. The molecular weight excluding hydrogens is 370 g/mol. The summed E-state index contributed by atoms with van der Waals surface area (Å²) in [4.78, 5) is 22.2. The van der Waals surface area contributed by atoms with Crippen LogP contribution in [-0.2, 0) is 13.1 Å². The average Bonchev–Trinajstić information content (AvgIpc) is 3.37. The highest BCUT2D eigenvalue weighted by molar-refractivity contribution is 7.17. The monoisotopic (exact) mass is 389 g/mol. The van der Waals surface area contributed by atoms with Gasteiger partial charge in [-0.25, -0.2) is 4.98 Å². The molecule has 0 bridgehead atoms. The van der Waals surface area contributed by atoms with E-state index < -0.39 is 0 Å². The maximum absolute atomic E-state index is 12.7. The predicted octanol–water partition coefficient (Wildman–Crippen LogP) is 3.69. The highest BCUT2D eigenvalue weighted by atomic mass is 32.1. The summed E-state index contributed by atoms with van der Waals surface area (Å²) in [5.74, 6) is -0.119. The van der Waals surface area contributed by atoms with Gasteiger partial charge in [0, 0.05) is 25.1 Å². The van der Waals surface area contributed by atoms with Crippen LogP contribution in [0.5, 0.6) is 0 Å². The summed E-state index contributed by atoms with van der Waals surface area (Å²) in [5.41, 5.74) is 3.69. The van der Waals surface area contributed by atoms with Crippen molar-refractivity contribution in [3.8, 4) is 10.7 Å². The van der Waals surface area contributed by atoms with E-state index in [1.165, 1.54) is 11.3 Å². The van der Waals surface area contributed by atoms with Gasteiger partial charge in [-0.1, -0.05) is 30.3 Å². The van der Waals surface area contributed by atoms with Gasteiger partial charge in [0.2, 0.25) is 0 Å². The lowest BCUT2D eigenvalue weighted by Crippen LogP contribution is -2.23. The lowest BCUT2D eigenvalue weighted by molar-refractivity contribution is 0.0954. The zero-order valence-electron chi connectivity index (χ0n) is 15.4. The van der Waals surface area contributed by atoms with Crippen molar-refractivity contribution in [3.63, 3.8) is 0 Å². The van der Waals surface area contributed by atoms with Crippen LogP contribution in [0, 0.1) is 6.92 Å². The number of aryl methyl sites for hydroxylation is 1. The van der Waals surface area contributed by atoms with Crippen LogP contribution >= 0.6 is 11.3 Å². The summed E-state index contributed by atoms with van der Waals surface area (Å²) >= 11 is 1.36. The Kier molecular flexibility index (Phi) is 5.25. The van der Waals surface area contributed by atoms with Gasteiger partial charge in [0.25, 0.3) is 5.91 Å². The SMILES string of the molecule is Cc1nc(-c2ccccn2)sc1C(=O)NCc1ccccc1Cn1cccn1. The molecule has 0 unspecified atom stereocenters. The highest BCUT2D eigenvalue weighted by Crippen LogP contribution is 2.26. The van der Waals surface area contributed by atoms with Crippen LogP contribution in [0.4, 0.5) is 0 Å². The minimum Gasteiger partial charge on any atom is -0.347 e. The number of pyridine rings is 1. The summed E-state index contributed by atoms with van der Waals surface area (Å²) in [6.45, 7) is 2.97. The van der Waals surface area contributed by atoms with Crippen molar-refractivity contribution >= 4 is 17.2 Å². The van der Waals surface area contributed by atoms with Gasteiger partial charge >= 0.3 is 0 Å². The van der Waals surface area contributed by atoms with Crippen LogP contribution < -0.4 is 5.32 Å². The van der Waals surface area contributed by atoms with Gasteiger partial charge in [0.05, 0.1) is 17.9 Å². The molecule has 0 atom stereocenters. The third kappa shape index (κ3) is 3.99. The Hall–Kier alpha value is -3.32. The first-order valence-electron chi connectivity index (χ1n) is 8.92. The van der Waals surface area contributed by atoms with Crippen molar-refractivity contribution in [1.82, 2.24) is 25.1 Å². The largest absolute Gasteiger partial charge is 0.347 e. The summed E-state index contributed by atoms with van der Waals surface area (Å²) in [7, 11) is 0. The Bertz CT molecular complexity index is 1070. The van der Waals surface area contributed by atoms with E-state index in [-0.39, 0.29) is 5.91 Å². The van der Waals surface area contributed by atoms with Gasteiger partial charge in [0.1, 0.15) is 9.88 Å². The number of amides is 1. The fourth-order valence-corrected chi connectivity index (χ4v) is 3.87. The summed E-state index contributed by atoms with van der Waals surface area (Å²) < 4.78 is 1.87. The van der Waals surface area contributed by atoms with Crippen LogP contribution in [0.1, 0.15) is 26.5 Å². The Labute approximate surface area is 166 Å². The van der Waals surface area contributed by atoms with E-state index in [2.05, 4.69) is 26.4 Å². The second kappa shape index (κ2) is 8.14. The fraction of sp³-hybridized carbons (Fsp3) is 0.143. The first-order chi connectivity index (χ1) is 13.7. The molecule has 7 heteroatoms. The first kappa shape index (κ1) is 18.1. The molecule has 0 aliphatic rings. The third-order valence-electron chi connectivity index (χ3n) is 4.34. The molecule has 1 aromatic carbocycles. The molecule has 0 fully saturated rings. The summed E-state index contributed by atoms with van der Waals surface area (Å²) in [5, 5.41) is 8.03. The number of nitrogens with zero attached hydrogens (tertiary/aromatic N) is 4. The maximum atomic E-state index is 12.7. The Morgan fingerprint density at radius 3 is 2.64 bits per heavy atom. The van der Waals surface area contributed by atoms with Gasteiger partial charge in [0.15, 0.2) is 0 Å². The summed E-state index contributed by atoms with van der Waals surface area (Å²) in [6.07, 6.45) is 5.41. The van der Waals surface area contributed by atoms with E-state index in [0.717, 1.165) is 21.8 Å². The van der Waals surface area contributed by atoms with Gasteiger partial charge < -0.3 is 5.32 Å². The van der Waals surface area contributed by atoms with Crippen molar-refractivity contribution in [2.75, 3.05) is 0 Å². The average molecular weight is 389 g/mol. The van der Waals surface area contributed by atoms with Crippen LogP contribution in [-0.4, -0.2) is 25.7 Å². The van der Waals surface area contributed by atoms with Crippen molar-refractivity contribution < 1.29 is 4.79 Å². The van der Waals surface area contributed by atoms with Crippen molar-refractivity contribution in [3.05, 3.63) is 88.8 Å². The number of hydrogen-bond acceptors (Lipinski definition) is 5. The maximum Gasteiger partial charge on any atom is 0.263 e. The lowest BCUT2D eigenvalue weighted by atomic mass is 10.1. The first-order valence-corrected chi connectivity index (χ1v) is 9.73. The van der Waals surface area contributed by atoms with Crippen molar-refractivity contribution in [2.45, 2.75) is 20.0 Å². The van der Waals surface area contributed by atoms with Crippen LogP contribution in [0.2, 0.25) is 0 Å². The molecule has 0 radical (unpaired) electrons. The van der Waals surface area contributed by atoms with Crippen LogP contribution in [0.3, 0.4) is 0 Å². The van der Waals surface area contributed by atoms with E-state index in [4.69, 9.17) is 0 Å². The number of thiazole rings is 1. The zero-order valence-corrected chi connectivity index (χ0v) is 16.2. The predicted molar refractivity (Wildman–Crippen MR) is 109 cm³/mol.